The number of halogens is 1. The number of hydrogen-bond acceptors (Lipinski definition) is 4. The number of carbonyl (C=O) groups excluding carboxylic acids is 2. The number of fused-ring (bicyclic) bond motifs is 1. The van der Waals surface area contributed by atoms with Gasteiger partial charge in [-0.25, -0.2) is 4.98 Å². The second-order valence-electron chi connectivity index (χ2n) is 7.82. The van der Waals surface area contributed by atoms with Crippen molar-refractivity contribution in [1.82, 2.24) is 9.88 Å². The molecule has 2 aromatic rings. The predicted molar refractivity (Wildman–Crippen MR) is 112 cm³/mol. The van der Waals surface area contributed by atoms with Crippen LogP contribution in [-0.4, -0.2) is 34.8 Å². The molecule has 148 valence electrons. The first-order valence-electron chi connectivity index (χ1n) is 9.84. The number of hydrogen-bond donors (Lipinski definition) is 1. The van der Waals surface area contributed by atoms with Crippen LogP contribution in [0, 0.1) is 11.8 Å². The molecule has 1 saturated heterocycles. The minimum Gasteiger partial charge on any atom is -0.338 e. The van der Waals surface area contributed by atoms with E-state index in [1.54, 1.807) is 40.5 Å². The maximum Gasteiger partial charge on any atom is 0.253 e. The summed E-state index contributed by atoms with van der Waals surface area (Å²) in [6, 6.07) is 6.90. The molecule has 4 rings (SSSR count). The van der Waals surface area contributed by atoms with Gasteiger partial charge in [0, 0.05) is 28.6 Å². The van der Waals surface area contributed by atoms with Crippen molar-refractivity contribution < 1.29 is 9.59 Å². The van der Waals surface area contributed by atoms with Gasteiger partial charge >= 0.3 is 0 Å². The number of nitrogens with one attached hydrogen (secondary N) is 1. The van der Waals surface area contributed by atoms with Crippen molar-refractivity contribution >= 4 is 39.9 Å². The van der Waals surface area contributed by atoms with E-state index in [0.717, 1.165) is 37.8 Å². The Morgan fingerprint density at radius 3 is 2.82 bits per heavy atom. The van der Waals surface area contributed by atoms with E-state index >= 15 is 0 Å². The highest BCUT2D eigenvalue weighted by atomic mass is 35.5. The Kier molecular flexibility index (Phi) is 5.69. The van der Waals surface area contributed by atoms with E-state index in [4.69, 9.17) is 11.6 Å². The molecule has 7 heteroatoms. The third-order valence-electron chi connectivity index (χ3n) is 5.59. The number of aromatic nitrogens is 1. The number of aryl methyl sites for hydroxylation is 1. The van der Waals surface area contributed by atoms with Crippen molar-refractivity contribution in [1.29, 1.82) is 0 Å². The highest BCUT2D eigenvalue weighted by molar-refractivity contribution is 7.15. The van der Waals surface area contributed by atoms with Gasteiger partial charge in [0.05, 0.1) is 11.6 Å². The van der Waals surface area contributed by atoms with E-state index in [1.165, 1.54) is 4.88 Å². The smallest absolute Gasteiger partial charge is 0.253 e. The normalized spacial score (nSPS) is 21.9. The van der Waals surface area contributed by atoms with Crippen LogP contribution in [0.4, 0.5) is 5.13 Å². The van der Waals surface area contributed by atoms with Gasteiger partial charge in [-0.2, -0.15) is 0 Å². The van der Waals surface area contributed by atoms with Gasteiger partial charge in [-0.15, -0.1) is 11.3 Å². The summed E-state index contributed by atoms with van der Waals surface area (Å²) in [7, 11) is 0. The van der Waals surface area contributed by atoms with E-state index in [9.17, 15) is 9.59 Å². The molecule has 0 spiro atoms. The monoisotopic (exact) mass is 417 g/mol. The first-order valence-corrected chi connectivity index (χ1v) is 11.0. The minimum atomic E-state index is -0.204. The zero-order valence-corrected chi connectivity index (χ0v) is 17.5. The van der Waals surface area contributed by atoms with Crippen LogP contribution in [0.25, 0.3) is 0 Å². The molecule has 2 heterocycles. The fourth-order valence-corrected chi connectivity index (χ4v) is 5.25. The van der Waals surface area contributed by atoms with Gasteiger partial charge in [0.15, 0.2) is 5.13 Å². The topological polar surface area (TPSA) is 62.3 Å². The SMILES string of the molecule is C[C@H]1CCc2nc(NC(=O)[C@@H]3CCCN(C(=O)c4ccc(Cl)cc4)C3)sc2C1. The highest BCUT2D eigenvalue weighted by Gasteiger charge is 2.30. The fourth-order valence-electron chi connectivity index (χ4n) is 3.95. The van der Waals surface area contributed by atoms with Gasteiger partial charge in [-0.3, -0.25) is 9.59 Å². The lowest BCUT2D eigenvalue weighted by molar-refractivity contribution is -0.121. The van der Waals surface area contributed by atoms with E-state index in [-0.39, 0.29) is 17.7 Å². The van der Waals surface area contributed by atoms with Crippen LogP contribution in [0.1, 0.15) is 47.1 Å². The van der Waals surface area contributed by atoms with Gasteiger partial charge in [0.1, 0.15) is 0 Å². The van der Waals surface area contributed by atoms with Crippen LogP contribution in [0.5, 0.6) is 0 Å². The summed E-state index contributed by atoms with van der Waals surface area (Å²) in [5.41, 5.74) is 1.74. The summed E-state index contributed by atoms with van der Waals surface area (Å²) in [6.45, 7) is 3.37. The number of benzene rings is 1. The van der Waals surface area contributed by atoms with Gasteiger partial charge < -0.3 is 10.2 Å². The Hall–Kier alpha value is -1.92. The molecule has 5 nitrogen and oxygen atoms in total. The third kappa shape index (κ3) is 4.23. The number of nitrogens with zero attached hydrogens (tertiary/aromatic N) is 2. The summed E-state index contributed by atoms with van der Waals surface area (Å²) >= 11 is 7.51. The predicted octanol–water partition coefficient (Wildman–Crippen LogP) is 4.41. The number of anilines is 1. The summed E-state index contributed by atoms with van der Waals surface area (Å²) < 4.78 is 0. The van der Waals surface area contributed by atoms with Crippen LogP contribution >= 0.6 is 22.9 Å². The molecule has 1 N–H and O–H groups in total. The Bertz CT molecular complexity index is 880. The average molecular weight is 418 g/mol. The van der Waals surface area contributed by atoms with Crippen molar-refractivity contribution in [2.24, 2.45) is 11.8 Å². The number of piperidine rings is 1. The summed E-state index contributed by atoms with van der Waals surface area (Å²) in [4.78, 5) is 33.2. The molecule has 1 aromatic heterocycles. The molecule has 0 saturated carbocycles. The molecule has 0 bridgehead atoms. The van der Waals surface area contributed by atoms with E-state index in [2.05, 4.69) is 17.2 Å². The zero-order valence-electron chi connectivity index (χ0n) is 15.9. The molecule has 2 aliphatic rings. The maximum atomic E-state index is 12.8. The van der Waals surface area contributed by atoms with Crippen molar-refractivity contribution in [2.45, 2.75) is 39.0 Å². The number of rotatable bonds is 3. The van der Waals surface area contributed by atoms with Gasteiger partial charge in [-0.05, 0) is 62.3 Å². The van der Waals surface area contributed by atoms with Gasteiger partial charge in [-0.1, -0.05) is 18.5 Å². The third-order valence-corrected chi connectivity index (χ3v) is 6.87. The molecular formula is C21H24ClN3O2S. The second kappa shape index (κ2) is 8.21. The van der Waals surface area contributed by atoms with E-state index in [0.29, 0.717) is 34.7 Å². The molecule has 0 radical (unpaired) electrons. The van der Waals surface area contributed by atoms with Crippen LogP contribution < -0.4 is 5.32 Å². The van der Waals surface area contributed by atoms with Gasteiger partial charge in [0.25, 0.3) is 5.91 Å². The summed E-state index contributed by atoms with van der Waals surface area (Å²) in [5, 5.41) is 4.31. The lowest BCUT2D eigenvalue weighted by Gasteiger charge is -2.32. The quantitative estimate of drug-likeness (QED) is 0.804. The van der Waals surface area contributed by atoms with E-state index < -0.39 is 0 Å². The number of amides is 2. The lowest BCUT2D eigenvalue weighted by atomic mass is 9.93. The van der Waals surface area contributed by atoms with Crippen molar-refractivity contribution in [3.05, 3.63) is 45.4 Å². The van der Waals surface area contributed by atoms with Crippen molar-refractivity contribution in [3.8, 4) is 0 Å². The van der Waals surface area contributed by atoms with Crippen molar-refractivity contribution in [2.75, 3.05) is 18.4 Å². The first-order chi connectivity index (χ1) is 13.5. The molecule has 2 atom stereocenters. The van der Waals surface area contributed by atoms with E-state index in [1.807, 2.05) is 0 Å². The zero-order chi connectivity index (χ0) is 19.7. The van der Waals surface area contributed by atoms with Crippen LogP contribution in [0.15, 0.2) is 24.3 Å². The Labute approximate surface area is 174 Å². The minimum absolute atomic E-state index is 0.0345. The molecule has 1 aromatic carbocycles. The Balaban J connectivity index is 1.39. The highest BCUT2D eigenvalue weighted by Crippen LogP contribution is 2.32. The maximum absolute atomic E-state index is 12.8. The number of likely N-dealkylation sites (tertiary alicyclic amines) is 1. The molecule has 28 heavy (non-hydrogen) atoms. The molecule has 1 fully saturated rings. The number of carbonyl (C=O) groups is 2. The molecular weight excluding hydrogens is 394 g/mol. The molecule has 1 aliphatic heterocycles. The largest absolute Gasteiger partial charge is 0.338 e. The van der Waals surface area contributed by atoms with Crippen LogP contribution in [-0.2, 0) is 17.6 Å². The standard InChI is InChI=1S/C21H24ClN3O2S/c1-13-4-9-17-18(11-13)28-21(23-17)24-19(26)15-3-2-10-25(12-15)20(27)14-5-7-16(22)8-6-14/h5-8,13,15H,2-4,9-12H2,1H3,(H,23,24,26)/t13-,15+/m0/s1. The van der Waals surface area contributed by atoms with Crippen LogP contribution in [0.2, 0.25) is 5.02 Å². The average Bonchev–Trinajstić information content (AvgIpc) is 3.09. The fraction of sp³-hybridized carbons (Fsp3) is 0.476. The Morgan fingerprint density at radius 1 is 1.25 bits per heavy atom. The molecule has 1 aliphatic carbocycles. The Morgan fingerprint density at radius 2 is 2.04 bits per heavy atom. The summed E-state index contributed by atoms with van der Waals surface area (Å²) in [5.74, 6) is 0.396. The first kappa shape index (κ1) is 19.4. The lowest BCUT2D eigenvalue weighted by Crippen LogP contribution is -2.43. The van der Waals surface area contributed by atoms with Gasteiger partial charge in [0.2, 0.25) is 5.91 Å². The van der Waals surface area contributed by atoms with Crippen LogP contribution in [0.3, 0.4) is 0 Å². The second-order valence-corrected chi connectivity index (χ2v) is 9.34. The summed E-state index contributed by atoms with van der Waals surface area (Å²) in [6.07, 6.45) is 4.82. The molecule has 2 amide bonds. The van der Waals surface area contributed by atoms with Crippen molar-refractivity contribution in [3.63, 3.8) is 0 Å². The number of thiazole rings is 1. The molecule has 0 unspecified atom stereocenters.